The van der Waals surface area contributed by atoms with Crippen molar-refractivity contribution < 1.29 is 4.74 Å². The highest BCUT2D eigenvalue weighted by Gasteiger charge is 2.16. The van der Waals surface area contributed by atoms with Crippen LogP contribution in [0, 0.1) is 13.8 Å². The zero-order valence-electron chi connectivity index (χ0n) is 12.4. The van der Waals surface area contributed by atoms with Gasteiger partial charge in [-0.15, -0.1) is 11.6 Å². The van der Waals surface area contributed by atoms with Crippen LogP contribution in [0.2, 0.25) is 0 Å². The smallest absolute Gasteiger partial charge is 0.146 e. The van der Waals surface area contributed by atoms with E-state index in [2.05, 4.69) is 41.6 Å². The maximum atomic E-state index is 6.12. The second-order valence-electron chi connectivity index (χ2n) is 5.04. The first-order valence-electron chi connectivity index (χ1n) is 6.84. The Morgan fingerprint density at radius 3 is 2.62 bits per heavy atom. The van der Waals surface area contributed by atoms with Gasteiger partial charge in [0.2, 0.25) is 0 Å². The van der Waals surface area contributed by atoms with E-state index in [0.717, 1.165) is 28.3 Å². The number of imidazole rings is 1. The molecule has 0 saturated carbocycles. The molecular weight excluding hydrogens is 284 g/mol. The summed E-state index contributed by atoms with van der Waals surface area (Å²) in [5.74, 6) is 1.94. The SMILES string of the molecule is COc1cccc2c1nc(CCl)n2-c1cccc(C)c1C. The summed E-state index contributed by atoms with van der Waals surface area (Å²) in [6.07, 6.45) is 0. The zero-order valence-corrected chi connectivity index (χ0v) is 13.1. The molecule has 21 heavy (non-hydrogen) atoms. The van der Waals surface area contributed by atoms with E-state index in [4.69, 9.17) is 16.3 Å². The van der Waals surface area contributed by atoms with Gasteiger partial charge < -0.3 is 4.74 Å². The normalized spacial score (nSPS) is 11.0. The fourth-order valence-electron chi connectivity index (χ4n) is 2.62. The van der Waals surface area contributed by atoms with Crippen LogP contribution in [0.4, 0.5) is 0 Å². The Morgan fingerprint density at radius 2 is 1.90 bits per heavy atom. The van der Waals surface area contributed by atoms with Crippen molar-refractivity contribution in [3.63, 3.8) is 0 Å². The first-order chi connectivity index (χ1) is 10.2. The first-order valence-corrected chi connectivity index (χ1v) is 7.37. The summed E-state index contributed by atoms with van der Waals surface area (Å²) in [6, 6.07) is 12.2. The number of rotatable bonds is 3. The van der Waals surface area contributed by atoms with Crippen LogP contribution in [0.15, 0.2) is 36.4 Å². The molecule has 0 spiro atoms. The summed E-state index contributed by atoms with van der Waals surface area (Å²) in [5.41, 5.74) is 5.44. The lowest BCUT2D eigenvalue weighted by Crippen LogP contribution is -2.02. The molecule has 0 radical (unpaired) electrons. The van der Waals surface area contributed by atoms with Gasteiger partial charge in [0.05, 0.1) is 24.2 Å². The number of benzene rings is 2. The molecule has 1 aromatic heterocycles. The van der Waals surface area contributed by atoms with Crippen LogP contribution >= 0.6 is 11.6 Å². The largest absolute Gasteiger partial charge is 0.494 e. The number of methoxy groups -OCH3 is 1. The molecule has 3 aromatic rings. The quantitative estimate of drug-likeness (QED) is 0.671. The van der Waals surface area contributed by atoms with Gasteiger partial charge in [-0.25, -0.2) is 4.98 Å². The fourth-order valence-corrected chi connectivity index (χ4v) is 2.80. The third-order valence-corrected chi connectivity index (χ3v) is 4.11. The van der Waals surface area contributed by atoms with Crippen molar-refractivity contribution in [3.05, 3.63) is 53.3 Å². The van der Waals surface area contributed by atoms with E-state index in [1.165, 1.54) is 11.1 Å². The molecule has 3 rings (SSSR count). The first kappa shape index (κ1) is 14.0. The number of hydrogen-bond acceptors (Lipinski definition) is 2. The molecule has 0 fully saturated rings. The number of hydrogen-bond donors (Lipinski definition) is 0. The van der Waals surface area contributed by atoms with Crippen molar-refractivity contribution in [2.45, 2.75) is 19.7 Å². The van der Waals surface area contributed by atoms with Crippen molar-refractivity contribution in [2.24, 2.45) is 0 Å². The second-order valence-corrected chi connectivity index (χ2v) is 5.31. The molecule has 2 aromatic carbocycles. The number of alkyl halides is 1. The highest BCUT2D eigenvalue weighted by Crippen LogP contribution is 2.30. The number of para-hydroxylation sites is 1. The summed E-state index contributed by atoms with van der Waals surface area (Å²) < 4.78 is 7.53. The minimum atomic E-state index is 0.352. The molecule has 108 valence electrons. The van der Waals surface area contributed by atoms with Crippen LogP contribution in [0.1, 0.15) is 17.0 Å². The predicted octanol–water partition coefficient (Wildman–Crippen LogP) is 4.39. The summed E-state index contributed by atoms with van der Waals surface area (Å²) in [5, 5.41) is 0. The van der Waals surface area contributed by atoms with Crippen molar-refractivity contribution in [3.8, 4) is 11.4 Å². The van der Waals surface area contributed by atoms with Gasteiger partial charge in [0, 0.05) is 0 Å². The molecule has 0 unspecified atom stereocenters. The van der Waals surface area contributed by atoms with Gasteiger partial charge >= 0.3 is 0 Å². The third kappa shape index (κ3) is 2.18. The highest BCUT2D eigenvalue weighted by molar-refractivity contribution is 6.17. The Balaban J connectivity index is 2.38. The van der Waals surface area contributed by atoms with Crippen molar-refractivity contribution in [2.75, 3.05) is 7.11 Å². The van der Waals surface area contributed by atoms with Crippen LogP contribution in [0.25, 0.3) is 16.7 Å². The average molecular weight is 301 g/mol. The Bertz CT molecular complexity index is 808. The van der Waals surface area contributed by atoms with Gasteiger partial charge in [-0.1, -0.05) is 18.2 Å². The Kier molecular flexibility index (Phi) is 3.60. The van der Waals surface area contributed by atoms with Gasteiger partial charge in [-0.2, -0.15) is 0 Å². The van der Waals surface area contributed by atoms with Crippen LogP contribution in [0.3, 0.4) is 0 Å². The lowest BCUT2D eigenvalue weighted by Gasteiger charge is -2.13. The lowest BCUT2D eigenvalue weighted by atomic mass is 10.1. The molecule has 0 aliphatic carbocycles. The standard InChI is InChI=1S/C17H17ClN2O/c1-11-6-4-7-13(12(11)2)20-14-8-5-9-15(21-3)17(14)19-16(20)10-18/h4-9H,10H2,1-3H3. The van der Waals surface area contributed by atoms with Gasteiger partial charge in [0.25, 0.3) is 0 Å². The van der Waals surface area contributed by atoms with Gasteiger partial charge in [0.15, 0.2) is 0 Å². The molecule has 4 heteroatoms. The highest BCUT2D eigenvalue weighted by atomic mass is 35.5. The number of halogens is 1. The number of fused-ring (bicyclic) bond motifs is 1. The number of ether oxygens (including phenoxy) is 1. The molecule has 0 aliphatic rings. The minimum Gasteiger partial charge on any atom is -0.494 e. The molecule has 0 saturated heterocycles. The maximum absolute atomic E-state index is 6.12. The summed E-state index contributed by atoms with van der Waals surface area (Å²) in [6.45, 7) is 4.23. The van der Waals surface area contributed by atoms with E-state index >= 15 is 0 Å². The molecule has 0 bridgehead atoms. The topological polar surface area (TPSA) is 27.1 Å². The Labute approximate surface area is 129 Å². The van der Waals surface area contributed by atoms with Crippen molar-refractivity contribution >= 4 is 22.6 Å². The number of nitrogens with zero attached hydrogens (tertiary/aromatic N) is 2. The summed E-state index contributed by atoms with van der Waals surface area (Å²) in [7, 11) is 1.66. The van der Waals surface area contributed by atoms with E-state index in [1.54, 1.807) is 7.11 Å². The summed E-state index contributed by atoms with van der Waals surface area (Å²) in [4.78, 5) is 4.66. The van der Waals surface area contributed by atoms with Gasteiger partial charge in [-0.3, -0.25) is 4.57 Å². The summed E-state index contributed by atoms with van der Waals surface area (Å²) >= 11 is 6.12. The molecule has 1 heterocycles. The number of aryl methyl sites for hydroxylation is 1. The second kappa shape index (κ2) is 5.41. The Morgan fingerprint density at radius 1 is 1.14 bits per heavy atom. The fraction of sp³-hybridized carbons (Fsp3) is 0.235. The molecular formula is C17H17ClN2O. The van der Waals surface area contributed by atoms with E-state index in [0.29, 0.717) is 5.88 Å². The Hall–Kier alpha value is -2.00. The van der Waals surface area contributed by atoms with Crippen molar-refractivity contribution in [1.82, 2.24) is 9.55 Å². The zero-order chi connectivity index (χ0) is 15.0. The molecule has 0 N–H and O–H groups in total. The predicted molar refractivity (Wildman–Crippen MR) is 86.7 cm³/mol. The lowest BCUT2D eigenvalue weighted by molar-refractivity contribution is 0.419. The van der Waals surface area contributed by atoms with Crippen LogP contribution in [-0.2, 0) is 5.88 Å². The maximum Gasteiger partial charge on any atom is 0.146 e. The van der Waals surface area contributed by atoms with Crippen LogP contribution in [-0.4, -0.2) is 16.7 Å². The average Bonchev–Trinajstić information content (AvgIpc) is 2.88. The van der Waals surface area contributed by atoms with E-state index in [9.17, 15) is 0 Å². The number of aromatic nitrogens is 2. The van der Waals surface area contributed by atoms with Crippen LogP contribution < -0.4 is 4.74 Å². The van der Waals surface area contributed by atoms with E-state index < -0.39 is 0 Å². The van der Waals surface area contributed by atoms with E-state index in [1.807, 2.05) is 18.2 Å². The molecule has 0 atom stereocenters. The minimum absolute atomic E-state index is 0.352. The molecule has 0 aliphatic heterocycles. The van der Waals surface area contributed by atoms with Crippen LogP contribution in [0.5, 0.6) is 5.75 Å². The van der Waals surface area contributed by atoms with Gasteiger partial charge in [0.1, 0.15) is 17.1 Å². The van der Waals surface area contributed by atoms with Gasteiger partial charge in [-0.05, 0) is 43.2 Å². The van der Waals surface area contributed by atoms with Crippen molar-refractivity contribution in [1.29, 1.82) is 0 Å². The van der Waals surface area contributed by atoms with E-state index in [-0.39, 0.29) is 0 Å². The third-order valence-electron chi connectivity index (χ3n) is 3.87. The monoisotopic (exact) mass is 300 g/mol. The molecule has 0 amide bonds. The molecule has 3 nitrogen and oxygen atoms in total.